The Bertz CT molecular complexity index is 246. The molecule has 0 spiro atoms. The highest BCUT2D eigenvalue weighted by atomic mass is 16.5. The van der Waals surface area contributed by atoms with Gasteiger partial charge in [0.25, 0.3) is 0 Å². The first-order chi connectivity index (χ1) is 8.25. The average Bonchev–Trinajstić information content (AvgIpc) is 2.83. The molecule has 1 aliphatic heterocycles. The second kappa shape index (κ2) is 6.36. The Balaban J connectivity index is 1.68. The van der Waals surface area contributed by atoms with Crippen molar-refractivity contribution >= 4 is 5.91 Å². The Morgan fingerprint density at radius 1 is 1.47 bits per heavy atom. The molecule has 1 saturated carbocycles. The maximum atomic E-state index is 11.9. The Hall–Kier alpha value is -0.610. The quantitative estimate of drug-likeness (QED) is 0.772. The number of morpholine rings is 1. The third-order valence-electron chi connectivity index (χ3n) is 3.93. The van der Waals surface area contributed by atoms with Crippen LogP contribution < -0.4 is 10.6 Å². The number of amides is 1. The van der Waals surface area contributed by atoms with Crippen LogP contribution >= 0.6 is 0 Å². The molecule has 1 amide bonds. The van der Waals surface area contributed by atoms with Gasteiger partial charge in [0.15, 0.2) is 0 Å². The molecule has 2 N–H and O–H groups in total. The van der Waals surface area contributed by atoms with Crippen LogP contribution in [0.15, 0.2) is 0 Å². The highest BCUT2D eigenvalue weighted by Crippen LogP contribution is 2.27. The summed E-state index contributed by atoms with van der Waals surface area (Å²) >= 11 is 0. The van der Waals surface area contributed by atoms with Crippen molar-refractivity contribution in [3.05, 3.63) is 0 Å². The lowest BCUT2D eigenvalue weighted by molar-refractivity contribution is -0.123. The molecule has 0 bridgehead atoms. The van der Waals surface area contributed by atoms with Crippen LogP contribution in [-0.2, 0) is 9.53 Å². The summed E-state index contributed by atoms with van der Waals surface area (Å²) in [6.07, 6.45) is 5.72. The highest BCUT2D eigenvalue weighted by molar-refractivity contribution is 5.76. The Labute approximate surface area is 103 Å². The van der Waals surface area contributed by atoms with Crippen molar-refractivity contribution in [2.24, 2.45) is 5.92 Å². The minimum Gasteiger partial charge on any atom is -0.378 e. The lowest BCUT2D eigenvalue weighted by atomic mass is 9.99. The Morgan fingerprint density at radius 3 is 2.88 bits per heavy atom. The Kier molecular flexibility index (Phi) is 4.80. The van der Waals surface area contributed by atoms with Crippen LogP contribution in [0.5, 0.6) is 0 Å². The van der Waals surface area contributed by atoms with E-state index in [1.807, 2.05) is 0 Å². The maximum absolute atomic E-state index is 11.9. The summed E-state index contributed by atoms with van der Waals surface area (Å²) in [7, 11) is 0. The average molecular weight is 240 g/mol. The summed E-state index contributed by atoms with van der Waals surface area (Å²) in [4.78, 5) is 11.9. The molecule has 2 unspecified atom stereocenters. The topological polar surface area (TPSA) is 50.4 Å². The number of carbonyl (C=O) groups is 1. The highest BCUT2D eigenvalue weighted by Gasteiger charge is 2.24. The van der Waals surface area contributed by atoms with Gasteiger partial charge in [0, 0.05) is 25.0 Å². The zero-order valence-corrected chi connectivity index (χ0v) is 10.7. The van der Waals surface area contributed by atoms with Gasteiger partial charge in [0.05, 0.1) is 13.2 Å². The minimum absolute atomic E-state index is 0.160. The fraction of sp³-hybridized carbons (Fsp3) is 0.923. The first-order valence-electron chi connectivity index (χ1n) is 6.86. The van der Waals surface area contributed by atoms with E-state index in [0.717, 1.165) is 13.2 Å². The molecule has 2 aliphatic rings. The molecule has 17 heavy (non-hydrogen) atoms. The van der Waals surface area contributed by atoms with Crippen molar-refractivity contribution in [1.29, 1.82) is 0 Å². The smallest absolute Gasteiger partial charge is 0.221 e. The molecule has 1 aliphatic carbocycles. The van der Waals surface area contributed by atoms with Gasteiger partial charge in [-0.1, -0.05) is 12.8 Å². The molecule has 0 aromatic rings. The molecular weight excluding hydrogens is 216 g/mol. The molecule has 0 radical (unpaired) electrons. The van der Waals surface area contributed by atoms with E-state index in [-0.39, 0.29) is 11.9 Å². The molecule has 1 saturated heterocycles. The molecular formula is C13H24N2O2. The van der Waals surface area contributed by atoms with Gasteiger partial charge < -0.3 is 15.4 Å². The van der Waals surface area contributed by atoms with Crippen LogP contribution in [0.25, 0.3) is 0 Å². The predicted octanol–water partition coefficient (Wildman–Crippen LogP) is 1.06. The minimum atomic E-state index is 0.160. The van der Waals surface area contributed by atoms with Gasteiger partial charge >= 0.3 is 0 Å². The summed E-state index contributed by atoms with van der Waals surface area (Å²) < 4.78 is 5.35. The molecule has 4 nitrogen and oxygen atoms in total. The van der Waals surface area contributed by atoms with Gasteiger partial charge in [-0.05, 0) is 25.7 Å². The normalized spacial score (nSPS) is 27.9. The molecule has 4 heteroatoms. The molecule has 0 aromatic carbocycles. The summed E-state index contributed by atoms with van der Waals surface area (Å²) in [6, 6.07) is 0.522. The van der Waals surface area contributed by atoms with Crippen molar-refractivity contribution < 1.29 is 9.53 Å². The van der Waals surface area contributed by atoms with E-state index in [1.165, 1.54) is 25.7 Å². The van der Waals surface area contributed by atoms with Crippen LogP contribution in [0.2, 0.25) is 0 Å². The van der Waals surface area contributed by atoms with Gasteiger partial charge in [-0.25, -0.2) is 0 Å². The first-order valence-corrected chi connectivity index (χ1v) is 6.86. The van der Waals surface area contributed by atoms with Crippen molar-refractivity contribution in [1.82, 2.24) is 10.6 Å². The number of rotatable bonds is 4. The number of ether oxygens (including phenoxy) is 1. The van der Waals surface area contributed by atoms with Crippen molar-refractivity contribution in [3.8, 4) is 0 Å². The van der Waals surface area contributed by atoms with Crippen molar-refractivity contribution in [2.75, 3.05) is 19.8 Å². The number of hydrogen-bond donors (Lipinski definition) is 2. The number of hydrogen-bond acceptors (Lipinski definition) is 3. The molecule has 98 valence electrons. The maximum Gasteiger partial charge on any atom is 0.221 e. The predicted molar refractivity (Wildman–Crippen MR) is 66.8 cm³/mol. The van der Waals surface area contributed by atoms with Gasteiger partial charge in [-0.3, -0.25) is 4.79 Å². The standard InChI is InChI=1S/C13H24N2O2/c1-10(11-4-2-3-5-11)15-13(16)8-12-9-17-7-6-14-12/h10-12,14H,2-9H2,1H3,(H,15,16). The molecule has 2 fully saturated rings. The summed E-state index contributed by atoms with van der Waals surface area (Å²) in [5.74, 6) is 0.849. The zero-order valence-electron chi connectivity index (χ0n) is 10.7. The monoisotopic (exact) mass is 240 g/mol. The van der Waals surface area contributed by atoms with E-state index < -0.39 is 0 Å². The summed E-state index contributed by atoms with van der Waals surface area (Å²) in [6.45, 7) is 4.41. The fourth-order valence-corrected chi connectivity index (χ4v) is 2.86. The van der Waals surface area contributed by atoms with Crippen molar-refractivity contribution in [2.45, 2.75) is 51.1 Å². The summed E-state index contributed by atoms with van der Waals surface area (Å²) in [5.41, 5.74) is 0. The molecule has 1 heterocycles. The van der Waals surface area contributed by atoms with Crippen LogP contribution in [0, 0.1) is 5.92 Å². The number of nitrogens with one attached hydrogen (secondary N) is 2. The van der Waals surface area contributed by atoms with Crippen LogP contribution in [0.3, 0.4) is 0 Å². The second-order valence-electron chi connectivity index (χ2n) is 5.33. The zero-order chi connectivity index (χ0) is 12.1. The van der Waals surface area contributed by atoms with Gasteiger partial charge in [-0.2, -0.15) is 0 Å². The van der Waals surface area contributed by atoms with Gasteiger partial charge in [0.2, 0.25) is 5.91 Å². The van der Waals surface area contributed by atoms with Gasteiger partial charge in [0.1, 0.15) is 0 Å². The summed E-state index contributed by atoms with van der Waals surface area (Å²) in [5, 5.41) is 6.44. The third kappa shape index (κ3) is 3.96. The lowest BCUT2D eigenvalue weighted by Crippen LogP contribution is -2.46. The van der Waals surface area contributed by atoms with Crippen LogP contribution in [-0.4, -0.2) is 37.7 Å². The van der Waals surface area contributed by atoms with E-state index in [0.29, 0.717) is 25.0 Å². The third-order valence-corrected chi connectivity index (χ3v) is 3.93. The second-order valence-corrected chi connectivity index (χ2v) is 5.33. The van der Waals surface area contributed by atoms with E-state index in [2.05, 4.69) is 17.6 Å². The van der Waals surface area contributed by atoms with E-state index in [9.17, 15) is 4.79 Å². The molecule has 0 aromatic heterocycles. The van der Waals surface area contributed by atoms with E-state index in [1.54, 1.807) is 0 Å². The van der Waals surface area contributed by atoms with E-state index in [4.69, 9.17) is 4.74 Å². The lowest BCUT2D eigenvalue weighted by Gasteiger charge is -2.25. The van der Waals surface area contributed by atoms with Gasteiger partial charge in [-0.15, -0.1) is 0 Å². The number of carbonyl (C=O) groups excluding carboxylic acids is 1. The molecule has 2 atom stereocenters. The molecule has 2 rings (SSSR count). The largest absolute Gasteiger partial charge is 0.378 e. The van der Waals surface area contributed by atoms with E-state index >= 15 is 0 Å². The fourth-order valence-electron chi connectivity index (χ4n) is 2.86. The Morgan fingerprint density at radius 2 is 2.24 bits per heavy atom. The van der Waals surface area contributed by atoms with Crippen molar-refractivity contribution in [3.63, 3.8) is 0 Å². The SMILES string of the molecule is CC(NC(=O)CC1COCCN1)C1CCCC1. The van der Waals surface area contributed by atoms with Crippen LogP contribution in [0.4, 0.5) is 0 Å². The first kappa shape index (κ1) is 12.8. The van der Waals surface area contributed by atoms with Crippen LogP contribution in [0.1, 0.15) is 39.0 Å².